The first-order valence-electron chi connectivity index (χ1n) is 11.5. The Kier molecular flexibility index (Phi) is 5.35. The molecule has 6 rings (SSSR count). The van der Waals surface area contributed by atoms with Gasteiger partial charge in [0.25, 0.3) is 5.91 Å². The number of ether oxygens (including phenoxy) is 1. The molecular weight excluding hydrogens is 462 g/mol. The van der Waals surface area contributed by atoms with Crippen LogP contribution in [0.2, 0.25) is 0 Å². The molecule has 0 aliphatic carbocycles. The third-order valence-corrected chi connectivity index (χ3v) is 7.33. The molecule has 4 aromatic rings. The van der Waals surface area contributed by atoms with Gasteiger partial charge in [-0.2, -0.15) is 0 Å². The van der Waals surface area contributed by atoms with Crippen LogP contribution in [0.15, 0.2) is 60.8 Å². The maximum Gasteiger partial charge on any atom is 0.331 e. The average Bonchev–Trinajstić information content (AvgIpc) is 3.50. The topological polar surface area (TPSA) is 95.6 Å². The van der Waals surface area contributed by atoms with Crippen LogP contribution in [0.5, 0.6) is 11.5 Å². The molecule has 35 heavy (non-hydrogen) atoms. The van der Waals surface area contributed by atoms with Gasteiger partial charge in [-0.25, -0.2) is 9.78 Å². The number of carbonyl (C=O) groups is 2. The molecule has 4 heterocycles. The Hall–Kier alpha value is -3.95. The molecule has 1 saturated heterocycles. The lowest BCUT2D eigenvalue weighted by Gasteiger charge is -2.29. The zero-order valence-electron chi connectivity index (χ0n) is 19.0. The number of nitrogens with zero attached hydrogens (tertiary/aromatic N) is 2. The smallest absolute Gasteiger partial charge is 0.331 e. The molecule has 0 saturated carbocycles. The summed E-state index contributed by atoms with van der Waals surface area (Å²) in [6.07, 6.45) is 2.56. The van der Waals surface area contributed by atoms with Gasteiger partial charge in [0, 0.05) is 18.8 Å². The van der Waals surface area contributed by atoms with Gasteiger partial charge in [0.15, 0.2) is 0 Å². The van der Waals surface area contributed by atoms with Crippen LogP contribution in [-0.4, -0.2) is 36.1 Å². The highest BCUT2D eigenvalue weighted by Gasteiger charge is 2.33. The lowest BCUT2D eigenvalue weighted by Crippen LogP contribution is -2.37. The Balaban J connectivity index is 1.36. The maximum atomic E-state index is 13.4. The van der Waals surface area contributed by atoms with Crippen molar-refractivity contribution in [2.45, 2.75) is 19.4 Å². The predicted molar refractivity (Wildman–Crippen MR) is 137 cm³/mol. The van der Waals surface area contributed by atoms with Crippen molar-refractivity contribution in [3.63, 3.8) is 0 Å². The van der Waals surface area contributed by atoms with Crippen LogP contribution < -0.4 is 25.6 Å². The first kappa shape index (κ1) is 21.6. The number of thiophene rings is 1. The summed E-state index contributed by atoms with van der Waals surface area (Å²) in [5, 5.41) is 10.1. The van der Waals surface area contributed by atoms with E-state index in [1.807, 2.05) is 61.5 Å². The van der Waals surface area contributed by atoms with Crippen LogP contribution in [0.1, 0.15) is 21.7 Å². The standard InChI is InChI=1S/C26H23N5O3S/c1-15-13-18(34-17-5-3-2-4-6-17)7-8-19(15)31-20-10-12-28-25-21(20)22(30-26(31)33)23(35-25)24(32)29-16-9-11-27-14-16/h2-8,10,12-13,16,27H,9,11,14H2,1H3,(H,29,32)(H,30,33)/t16-/m0/s1. The number of carbonyl (C=O) groups excluding carboxylic acids is 2. The Morgan fingerprint density at radius 2 is 2.00 bits per heavy atom. The second-order valence-electron chi connectivity index (χ2n) is 8.61. The van der Waals surface area contributed by atoms with E-state index in [9.17, 15) is 9.59 Å². The predicted octanol–water partition coefficient (Wildman–Crippen LogP) is 5.17. The first-order valence-corrected chi connectivity index (χ1v) is 12.3. The van der Waals surface area contributed by atoms with E-state index in [2.05, 4.69) is 20.9 Å². The number of aromatic nitrogens is 1. The van der Waals surface area contributed by atoms with Crippen molar-refractivity contribution >= 4 is 50.6 Å². The molecule has 1 fully saturated rings. The Morgan fingerprint density at radius 1 is 1.14 bits per heavy atom. The Labute approximate surface area is 205 Å². The fourth-order valence-corrected chi connectivity index (χ4v) is 5.60. The number of pyridine rings is 1. The highest BCUT2D eigenvalue weighted by atomic mass is 32.1. The van der Waals surface area contributed by atoms with E-state index < -0.39 is 0 Å². The average molecular weight is 486 g/mol. The Morgan fingerprint density at radius 3 is 2.77 bits per heavy atom. The monoisotopic (exact) mass is 485 g/mol. The zero-order chi connectivity index (χ0) is 23.9. The van der Waals surface area contributed by atoms with Crippen LogP contribution in [0.3, 0.4) is 0 Å². The van der Waals surface area contributed by atoms with E-state index in [1.54, 1.807) is 11.1 Å². The van der Waals surface area contributed by atoms with E-state index in [4.69, 9.17) is 4.74 Å². The maximum absolute atomic E-state index is 13.4. The van der Waals surface area contributed by atoms with Crippen molar-refractivity contribution in [1.82, 2.24) is 15.6 Å². The molecule has 2 aliphatic heterocycles. The van der Waals surface area contributed by atoms with E-state index in [-0.39, 0.29) is 18.0 Å². The number of urea groups is 1. The fourth-order valence-electron chi connectivity index (χ4n) is 4.58. The van der Waals surface area contributed by atoms with Gasteiger partial charge in [0.1, 0.15) is 21.2 Å². The van der Waals surface area contributed by atoms with Gasteiger partial charge in [0.05, 0.1) is 22.4 Å². The highest BCUT2D eigenvalue weighted by Crippen LogP contribution is 2.46. The number of rotatable bonds is 5. The number of nitrogens with one attached hydrogen (secondary N) is 3. The molecular formula is C26H23N5O3S. The quantitative estimate of drug-likeness (QED) is 0.362. The largest absolute Gasteiger partial charge is 0.457 e. The van der Waals surface area contributed by atoms with Crippen molar-refractivity contribution < 1.29 is 14.3 Å². The number of hydrogen-bond donors (Lipinski definition) is 3. The zero-order valence-corrected chi connectivity index (χ0v) is 19.8. The number of para-hydroxylation sites is 1. The van der Waals surface area contributed by atoms with Crippen LogP contribution in [-0.2, 0) is 0 Å². The summed E-state index contributed by atoms with van der Waals surface area (Å²) in [6.45, 7) is 3.57. The summed E-state index contributed by atoms with van der Waals surface area (Å²) in [5.74, 6) is 1.25. The molecule has 2 aromatic heterocycles. The van der Waals surface area contributed by atoms with Crippen molar-refractivity contribution in [1.29, 1.82) is 0 Å². The summed E-state index contributed by atoms with van der Waals surface area (Å²) in [7, 11) is 0. The molecule has 0 radical (unpaired) electrons. The van der Waals surface area contributed by atoms with Crippen molar-refractivity contribution in [2.24, 2.45) is 0 Å². The van der Waals surface area contributed by atoms with Gasteiger partial charge >= 0.3 is 6.03 Å². The van der Waals surface area contributed by atoms with Gasteiger partial charge in [-0.05, 0) is 61.9 Å². The molecule has 0 spiro atoms. The Bertz CT molecular complexity index is 1450. The third kappa shape index (κ3) is 3.88. The van der Waals surface area contributed by atoms with Crippen molar-refractivity contribution in [2.75, 3.05) is 23.3 Å². The molecule has 3 N–H and O–H groups in total. The van der Waals surface area contributed by atoms with E-state index in [1.165, 1.54) is 11.3 Å². The minimum atomic E-state index is -0.320. The van der Waals surface area contributed by atoms with Crippen LogP contribution in [0.4, 0.5) is 21.9 Å². The molecule has 176 valence electrons. The molecule has 2 aromatic carbocycles. The highest BCUT2D eigenvalue weighted by molar-refractivity contribution is 7.21. The fraction of sp³-hybridized carbons (Fsp3) is 0.192. The van der Waals surface area contributed by atoms with Crippen molar-refractivity contribution in [3.8, 4) is 11.5 Å². The van der Waals surface area contributed by atoms with Crippen LogP contribution in [0, 0.1) is 6.92 Å². The molecule has 8 nitrogen and oxygen atoms in total. The molecule has 0 unspecified atom stereocenters. The molecule has 0 bridgehead atoms. The second kappa shape index (κ2) is 8.68. The third-order valence-electron chi connectivity index (χ3n) is 6.24. The number of hydrogen-bond acceptors (Lipinski definition) is 6. The van der Waals surface area contributed by atoms with Gasteiger partial charge in [0.2, 0.25) is 0 Å². The van der Waals surface area contributed by atoms with E-state index in [0.717, 1.165) is 41.9 Å². The van der Waals surface area contributed by atoms with Gasteiger partial charge in [-0.3, -0.25) is 9.69 Å². The summed E-state index contributed by atoms with van der Waals surface area (Å²) < 4.78 is 5.95. The SMILES string of the molecule is Cc1cc(Oc2ccccc2)ccc1N1C(=O)Nc2c(C(=O)N[C@H]3CCNC3)sc3nccc1c23. The minimum absolute atomic E-state index is 0.0856. The lowest BCUT2D eigenvalue weighted by atomic mass is 10.1. The van der Waals surface area contributed by atoms with Gasteiger partial charge < -0.3 is 20.7 Å². The summed E-state index contributed by atoms with van der Waals surface area (Å²) >= 11 is 1.30. The molecule has 9 heteroatoms. The number of benzene rings is 2. The summed E-state index contributed by atoms with van der Waals surface area (Å²) in [4.78, 5) is 33.7. The molecule has 2 aliphatic rings. The first-order chi connectivity index (χ1) is 17.1. The number of amides is 3. The minimum Gasteiger partial charge on any atom is -0.457 e. The van der Waals surface area contributed by atoms with Crippen molar-refractivity contribution in [3.05, 3.63) is 71.2 Å². The second-order valence-corrected chi connectivity index (χ2v) is 9.61. The summed E-state index contributed by atoms with van der Waals surface area (Å²) in [5.41, 5.74) is 2.84. The molecule has 1 atom stereocenters. The van der Waals surface area contributed by atoms with Crippen LogP contribution >= 0.6 is 11.3 Å². The normalized spacial score (nSPS) is 16.9. The lowest BCUT2D eigenvalue weighted by molar-refractivity contribution is 0.0945. The van der Waals surface area contributed by atoms with Gasteiger partial charge in [-0.1, -0.05) is 18.2 Å². The van der Waals surface area contributed by atoms with E-state index in [0.29, 0.717) is 26.8 Å². The van der Waals surface area contributed by atoms with E-state index >= 15 is 0 Å². The van der Waals surface area contributed by atoms with Crippen LogP contribution in [0.25, 0.3) is 10.2 Å². The number of anilines is 3. The summed E-state index contributed by atoms with van der Waals surface area (Å²) in [6, 6.07) is 16.8. The number of aryl methyl sites for hydroxylation is 1. The molecule has 3 amide bonds. The van der Waals surface area contributed by atoms with Gasteiger partial charge in [-0.15, -0.1) is 11.3 Å².